The lowest BCUT2D eigenvalue weighted by molar-refractivity contribution is 0.0980. The van der Waals surface area contributed by atoms with Crippen molar-refractivity contribution in [3.8, 4) is 0 Å². The number of carbonyl (C=O) groups is 1. The van der Waals surface area contributed by atoms with Gasteiger partial charge in [0.25, 0.3) is 5.91 Å². The van der Waals surface area contributed by atoms with Gasteiger partial charge in [0.1, 0.15) is 6.17 Å². The number of amides is 1. The fraction of sp³-hybridized carbons (Fsp3) is 0.519. The maximum absolute atomic E-state index is 13.9. The number of halogens is 1. The molecule has 0 atom stereocenters. The van der Waals surface area contributed by atoms with Crippen molar-refractivity contribution in [3.05, 3.63) is 53.6 Å². The molecule has 2 N–H and O–H groups in total. The van der Waals surface area contributed by atoms with Crippen molar-refractivity contribution in [2.24, 2.45) is 5.41 Å². The number of benzene rings is 2. The second-order valence-electron chi connectivity index (χ2n) is 11.7. The number of sulfonamides is 2. The number of carbonyl (C=O) groups excluding carboxylic acids is 1. The predicted molar refractivity (Wildman–Crippen MR) is 143 cm³/mol. The van der Waals surface area contributed by atoms with Crippen molar-refractivity contribution in [2.45, 2.75) is 73.9 Å². The van der Waals surface area contributed by atoms with Crippen LogP contribution in [0.25, 0.3) is 0 Å². The fourth-order valence-corrected chi connectivity index (χ4v) is 8.24. The van der Waals surface area contributed by atoms with Gasteiger partial charge < -0.3 is 4.90 Å². The van der Waals surface area contributed by atoms with E-state index in [1.807, 2.05) is 6.07 Å². The molecule has 3 saturated carbocycles. The molecule has 1 heterocycles. The Bertz CT molecular complexity index is 1500. The lowest BCUT2D eigenvalue weighted by Crippen LogP contribution is -2.45. The van der Waals surface area contributed by atoms with Crippen LogP contribution in [0.15, 0.2) is 47.4 Å². The van der Waals surface area contributed by atoms with Crippen molar-refractivity contribution in [1.82, 2.24) is 4.72 Å². The zero-order chi connectivity index (χ0) is 26.9. The Morgan fingerprint density at radius 3 is 2.29 bits per heavy atom. The highest BCUT2D eigenvalue weighted by Crippen LogP contribution is 2.62. The Balaban J connectivity index is 1.31. The van der Waals surface area contributed by atoms with Gasteiger partial charge in [-0.2, -0.15) is 0 Å². The van der Waals surface area contributed by atoms with Gasteiger partial charge in [-0.1, -0.05) is 6.07 Å². The van der Waals surface area contributed by atoms with Gasteiger partial charge in [-0.25, -0.2) is 25.9 Å². The molecule has 204 valence electrons. The minimum Gasteiger partial charge on any atom is -0.307 e. The summed E-state index contributed by atoms with van der Waals surface area (Å²) in [6.45, 7) is 0.467. The molecular weight excluding hydrogens is 529 g/mol. The van der Waals surface area contributed by atoms with E-state index in [4.69, 9.17) is 0 Å². The molecule has 2 aromatic rings. The summed E-state index contributed by atoms with van der Waals surface area (Å²) in [5, 5.41) is 0. The standard InChI is InChI=1S/C27H32FN3O5S2/c1-37(33,34)29-20-5-6-24-23(16-20)27(11-9-26(7-8-26)10-12-27)17-31(24)25(32)18-3-2-4-22(13-18)38(35,36)30-21-14-19(28)15-21/h2-6,13,16,19,21,29-30H,7-12,14-15,17H2,1H3. The summed E-state index contributed by atoms with van der Waals surface area (Å²) in [7, 11) is -7.35. The summed E-state index contributed by atoms with van der Waals surface area (Å²) in [5.74, 6) is -0.303. The number of hydrogen-bond acceptors (Lipinski definition) is 5. The summed E-state index contributed by atoms with van der Waals surface area (Å²) in [6, 6.07) is 10.8. The molecule has 1 aliphatic heterocycles. The summed E-state index contributed by atoms with van der Waals surface area (Å²) in [5.41, 5.74) is 2.58. The highest BCUT2D eigenvalue weighted by Gasteiger charge is 2.53. The average Bonchev–Trinajstić information content (AvgIpc) is 3.54. The Morgan fingerprint density at radius 1 is 0.974 bits per heavy atom. The van der Waals surface area contributed by atoms with Crippen LogP contribution in [0.2, 0.25) is 0 Å². The number of nitrogens with one attached hydrogen (secondary N) is 2. The molecular formula is C27H32FN3O5S2. The van der Waals surface area contributed by atoms with Gasteiger partial charge in [0.2, 0.25) is 20.0 Å². The molecule has 2 aromatic carbocycles. The Labute approximate surface area is 223 Å². The van der Waals surface area contributed by atoms with E-state index < -0.39 is 32.3 Å². The molecule has 2 spiro atoms. The second kappa shape index (κ2) is 8.76. The minimum atomic E-state index is -3.89. The first-order valence-corrected chi connectivity index (χ1v) is 16.5. The lowest BCUT2D eigenvalue weighted by atomic mass is 9.66. The smallest absolute Gasteiger partial charge is 0.258 e. The molecule has 0 aromatic heterocycles. The van der Waals surface area contributed by atoms with Gasteiger partial charge in [0, 0.05) is 34.9 Å². The third-order valence-electron chi connectivity index (χ3n) is 8.89. The Hall–Kier alpha value is -2.50. The molecule has 0 radical (unpaired) electrons. The van der Waals surface area contributed by atoms with Gasteiger partial charge >= 0.3 is 0 Å². The summed E-state index contributed by atoms with van der Waals surface area (Å²) in [4.78, 5) is 15.5. The summed E-state index contributed by atoms with van der Waals surface area (Å²) >= 11 is 0. The van der Waals surface area contributed by atoms with Crippen molar-refractivity contribution < 1.29 is 26.0 Å². The normalized spacial score (nSPS) is 25.2. The average molecular weight is 562 g/mol. The van der Waals surface area contributed by atoms with E-state index in [9.17, 15) is 26.0 Å². The number of fused-ring (bicyclic) bond motifs is 2. The first-order valence-electron chi connectivity index (χ1n) is 13.1. The molecule has 11 heteroatoms. The molecule has 6 rings (SSSR count). The van der Waals surface area contributed by atoms with E-state index in [1.165, 1.54) is 25.0 Å². The van der Waals surface area contributed by atoms with Crippen molar-refractivity contribution >= 4 is 37.3 Å². The van der Waals surface area contributed by atoms with Crippen LogP contribution in [0.4, 0.5) is 15.8 Å². The van der Waals surface area contributed by atoms with Crippen LogP contribution in [0.5, 0.6) is 0 Å². The van der Waals surface area contributed by atoms with Crippen LogP contribution >= 0.6 is 0 Å². The fourth-order valence-electron chi connectivity index (χ4n) is 6.38. The maximum Gasteiger partial charge on any atom is 0.258 e. The molecule has 8 nitrogen and oxygen atoms in total. The molecule has 0 unspecified atom stereocenters. The van der Waals surface area contributed by atoms with E-state index in [0.29, 0.717) is 17.6 Å². The first kappa shape index (κ1) is 25.8. The van der Waals surface area contributed by atoms with Gasteiger partial charge in [-0.3, -0.25) is 9.52 Å². The number of rotatable bonds is 6. The number of anilines is 2. The van der Waals surface area contributed by atoms with Gasteiger partial charge in [0.05, 0.1) is 11.2 Å². The first-order chi connectivity index (χ1) is 17.9. The number of nitrogens with zero attached hydrogens (tertiary/aromatic N) is 1. The van der Waals surface area contributed by atoms with Crippen LogP contribution in [-0.4, -0.2) is 47.8 Å². The maximum atomic E-state index is 13.9. The minimum absolute atomic E-state index is 0.0270. The van der Waals surface area contributed by atoms with Crippen LogP contribution in [-0.2, 0) is 25.5 Å². The zero-order valence-electron chi connectivity index (χ0n) is 21.2. The third kappa shape index (κ3) is 4.73. The lowest BCUT2D eigenvalue weighted by Gasteiger charge is -2.38. The predicted octanol–water partition coefficient (Wildman–Crippen LogP) is 4.09. The van der Waals surface area contributed by atoms with Crippen LogP contribution in [0.3, 0.4) is 0 Å². The van der Waals surface area contributed by atoms with Gasteiger partial charge in [-0.15, -0.1) is 0 Å². The number of alkyl halides is 1. The molecule has 3 fully saturated rings. The highest BCUT2D eigenvalue weighted by molar-refractivity contribution is 7.92. The van der Waals surface area contributed by atoms with E-state index in [-0.39, 0.29) is 34.6 Å². The van der Waals surface area contributed by atoms with Crippen molar-refractivity contribution in [1.29, 1.82) is 0 Å². The van der Waals surface area contributed by atoms with E-state index >= 15 is 0 Å². The number of hydrogen-bond donors (Lipinski definition) is 2. The summed E-state index contributed by atoms with van der Waals surface area (Å²) < 4.78 is 67.8. The largest absolute Gasteiger partial charge is 0.307 e. The quantitative estimate of drug-likeness (QED) is 0.552. The third-order valence-corrected chi connectivity index (χ3v) is 11.0. The Kier molecular flexibility index (Phi) is 5.94. The van der Waals surface area contributed by atoms with Crippen LogP contribution in [0.1, 0.15) is 67.3 Å². The van der Waals surface area contributed by atoms with Gasteiger partial charge in [0.15, 0.2) is 0 Å². The van der Waals surface area contributed by atoms with Crippen LogP contribution < -0.4 is 14.3 Å². The van der Waals surface area contributed by atoms with E-state index in [1.54, 1.807) is 29.2 Å². The van der Waals surface area contributed by atoms with E-state index in [0.717, 1.165) is 43.2 Å². The molecule has 3 aliphatic carbocycles. The SMILES string of the molecule is CS(=O)(=O)Nc1ccc2c(c1)C1(CCC3(CC3)CC1)CN2C(=O)c1cccc(S(=O)(=O)NC2CC(F)C2)c1. The van der Waals surface area contributed by atoms with Crippen molar-refractivity contribution in [3.63, 3.8) is 0 Å². The van der Waals surface area contributed by atoms with Crippen LogP contribution in [0, 0.1) is 5.41 Å². The van der Waals surface area contributed by atoms with Crippen molar-refractivity contribution in [2.75, 3.05) is 22.4 Å². The molecule has 1 amide bonds. The van der Waals surface area contributed by atoms with E-state index in [2.05, 4.69) is 9.44 Å². The highest BCUT2D eigenvalue weighted by atomic mass is 32.2. The van der Waals surface area contributed by atoms with Gasteiger partial charge in [-0.05, 0) is 98.7 Å². The molecule has 0 bridgehead atoms. The monoisotopic (exact) mass is 561 g/mol. The second-order valence-corrected chi connectivity index (χ2v) is 15.2. The summed E-state index contributed by atoms with van der Waals surface area (Å²) in [6.07, 6.45) is 6.93. The topological polar surface area (TPSA) is 113 Å². The molecule has 38 heavy (non-hydrogen) atoms. The molecule has 0 saturated heterocycles. The zero-order valence-corrected chi connectivity index (χ0v) is 22.9. The Morgan fingerprint density at radius 2 is 1.66 bits per heavy atom. The molecule has 4 aliphatic rings.